The fourth-order valence-electron chi connectivity index (χ4n) is 2.24. The van der Waals surface area contributed by atoms with Gasteiger partial charge in [-0.2, -0.15) is 13.2 Å². The van der Waals surface area contributed by atoms with E-state index in [0.717, 1.165) is 0 Å². The van der Waals surface area contributed by atoms with Crippen LogP contribution in [0.2, 0.25) is 5.02 Å². The van der Waals surface area contributed by atoms with E-state index in [0.29, 0.717) is 16.3 Å². The van der Waals surface area contributed by atoms with Crippen molar-refractivity contribution in [2.75, 3.05) is 20.3 Å². The standard InChI is InChI=1S/C14H18ClF3O3/c1-13(8-20,6-9(7-19)14(16,17)18)11-5-10(15)3-4-12(11)21-2/h3-5,9,19-20H,6-8H2,1-2H3. The zero-order valence-electron chi connectivity index (χ0n) is 11.7. The molecule has 0 fully saturated rings. The van der Waals surface area contributed by atoms with Crippen LogP contribution in [-0.4, -0.2) is 36.7 Å². The number of hydrogen-bond donors (Lipinski definition) is 2. The van der Waals surface area contributed by atoms with Crippen LogP contribution >= 0.6 is 11.6 Å². The van der Waals surface area contributed by atoms with Crippen molar-refractivity contribution >= 4 is 11.6 Å². The topological polar surface area (TPSA) is 49.7 Å². The summed E-state index contributed by atoms with van der Waals surface area (Å²) in [6.07, 6.45) is -5.02. The van der Waals surface area contributed by atoms with Crippen LogP contribution in [-0.2, 0) is 5.41 Å². The van der Waals surface area contributed by atoms with Crippen LogP contribution in [0.5, 0.6) is 5.75 Å². The summed E-state index contributed by atoms with van der Waals surface area (Å²) in [6, 6.07) is 4.56. The third kappa shape index (κ3) is 4.25. The minimum absolute atomic E-state index is 0.332. The average molecular weight is 327 g/mol. The molecule has 0 radical (unpaired) electrons. The first-order valence-corrected chi connectivity index (χ1v) is 6.68. The maximum Gasteiger partial charge on any atom is 0.394 e. The predicted octanol–water partition coefficient (Wildman–Crippen LogP) is 3.16. The van der Waals surface area contributed by atoms with E-state index in [1.165, 1.54) is 26.2 Å². The molecule has 0 spiro atoms. The molecule has 0 heterocycles. The summed E-state index contributed by atoms with van der Waals surface area (Å²) >= 11 is 5.89. The lowest BCUT2D eigenvalue weighted by Gasteiger charge is -2.33. The smallest absolute Gasteiger partial charge is 0.394 e. The van der Waals surface area contributed by atoms with Gasteiger partial charge in [0.25, 0.3) is 0 Å². The molecule has 0 aliphatic rings. The maximum absolute atomic E-state index is 12.9. The molecule has 0 bridgehead atoms. The van der Waals surface area contributed by atoms with Crippen molar-refractivity contribution in [2.24, 2.45) is 5.92 Å². The van der Waals surface area contributed by atoms with Crippen LogP contribution in [0.25, 0.3) is 0 Å². The number of rotatable bonds is 6. The van der Waals surface area contributed by atoms with Crippen molar-refractivity contribution in [3.63, 3.8) is 0 Å². The molecule has 3 nitrogen and oxygen atoms in total. The van der Waals surface area contributed by atoms with Gasteiger partial charge in [0.15, 0.2) is 0 Å². The lowest BCUT2D eigenvalue weighted by atomic mass is 9.75. The Kier molecular flexibility index (Phi) is 5.90. The first-order chi connectivity index (χ1) is 9.67. The molecule has 1 rings (SSSR count). The number of methoxy groups -OCH3 is 1. The number of alkyl halides is 3. The molecule has 0 saturated heterocycles. The quantitative estimate of drug-likeness (QED) is 0.844. The van der Waals surface area contributed by atoms with Gasteiger partial charge in [0.1, 0.15) is 5.75 Å². The lowest BCUT2D eigenvalue weighted by Crippen LogP contribution is -2.37. The van der Waals surface area contributed by atoms with E-state index in [2.05, 4.69) is 0 Å². The van der Waals surface area contributed by atoms with Crippen molar-refractivity contribution in [3.8, 4) is 5.75 Å². The molecule has 2 atom stereocenters. The number of aliphatic hydroxyl groups is 2. The SMILES string of the molecule is COc1ccc(Cl)cc1C(C)(CO)CC(CO)C(F)(F)F. The fourth-order valence-corrected chi connectivity index (χ4v) is 2.41. The Labute approximate surface area is 126 Å². The minimum Gasteiger partial charge on any atom is -0.496 e. The minimum atomic E-state index is -4.54. The van der Waals surface area contributed by atoms with E-state index >= 15 is 0 Å². The average Bonchev–Trinajstić information content (AvgIpc) is 2.43. The van der Waals surface area contributed by atoms with E-state index in [-0.39, 0.29) is 0 Å². The third-order valence-electron chi connectivity index (χ3n) is 3.54. The molecule has 21 heavy (non-hydrogen) atoms. The fraction of sp³-hybridized carbons (Fsp3) is 0.571. The van der Waals surface area contributed by atoms with Gasteiger partial charge >= 0.3 is 6.18 Å². The molecule has 1 aromatic carbocycles. The van der Waals surface area contributed by atoms with Crippen molar-refractivity contribution in [3.05, 3.63) is 28.8 Å². The Hall–Kier alpha value is -0.980. The van der Waals surface area contributed by atoms with Crippen LogP contribution in [0.3, 0.4) is 0 Å². The highest BCUT2D eigenvalue weighted by Crippen LogP contribution is 2.41. The molecular weight excluding hydrogens is 309 g/mol. The summed E-state index contributed by atoms with van der Waals surface area (Å²) < 4.78 is 43.7. The summed E-state index contributed by atoms with van der Waals surface area (Å²) in [7, 11) is 1.39. The number of ether oxygens (including phenoxy) is 1. The Morgan fingerprint density at radius 2 is 1.90 bits per heavy atom. The van der Waals surface area contributed by atoms with Crippen LogP contribution < -0.4 is 4.74 Å². The summed E-state index contributed by atoms with van der Waals surface area (Å²) in [5.41, 5.74) is -0.859. The van der Waals surface area contributed by atoms with Crippen molar-refractivity contribution in [1.82, 2.24) is 0 Å². The molecule has 120 valence electrons. The van der Waals surface area contributed by atoms with Crippen LogP contribution in [0.1, 0.15) is 18.9 Å². The molecule has 1 aromatic rings. The van der Waals surface area contributed by atoms with Gasteiger partial charge in [-0.25, -0.2) is 0 Å². The summed E-state index contributed by atoms with van der Waals surface area (Å²) in [5, 5.41) is 18.9. The monoisotopic (exact) mass is 326 g/mol. The molecule has 0 aromatic heterocycles. The Balaban J connectivity index is 3.23. The second-order valence-corrected chi connectivity index (χ2v) is 5.63. The van der Waals surface area contributed by atoms with Crippen LogP contribution in [0.4, 0.5) is 13.2 Å². The summed E-state index contributed by atoms with van der Waals surface area (Å²) in [5.74, 6) is -1.59. The molecule has 0 aliphatic carbocycles. The van der Waals surface area contributed by atoms with Crippen molar-refractivity contribution < 1.29 is 28.1 Å². The number of aliphatic hydroxyl groups excluding tert-OH is 2. The summed E-state index contributed by atoms with van der Waals surface area (Å²) in [4.78, 5) is 0. The van der Waals surface area contributed by atoms with Gasteiger partial charge in [-0.3, -0.25) is 0 Å². The third-order valence-corrected chi connectivity index (χ3v) is 3.78. The second-order valence-electron chi connectivity index (χ2n) is 5.19. The Morgan fingerprint density at radius 1 is 1.29 bits per heavy atom. The van der Waals surface area contributed by atoms with Gasteiger partial charge in [0, 0.05) is 16.0 Å². The van der Waals surface area contributed by atoms with Gasteiger partial charge in [-0.15, -0.1) is 0 Å². The van der Waals surface area contributed by atoms with E-state index in [1.54, 1.807) is 6.07 Å². The Morgan fingerprint density at radius 3 is 2.33 bits per heavy atom. The molecule has 0 saturated carbocycles. The molecule has 2 N–H and O–H groups in total. The molecule has 2 unspecified atom stereocenters. The summed E-state index contributed by atoms with van der Waals surface area (Å²) in [6.45, 7) is -0.0894. The first kappa shape index (κ1) is 18.1. The highest BCUT2D eigenvalue weighted by atomic mass is 35.5. The first-order valence-electron chi connectivity index (χ1n) is 6.30. The highest BCUT2D eigenvalue weighted by Gasteiger charge is 2.44. The van der Waals surface area contributed by atoms with Crippen LogP contribution in [0, 0.1) is 5.92 Å². The van der Waals surface area contributed by atoms with E-state index < -0.39 is 37.1 Å². The number of halogens is 4. The largest absolute Gasteiger partial charge is 0.496 e. The van der Waals surface area contributed by atoms with Gasteiger partial charge in [-0.1, -0.05) is 18.5 Å². The zero-order chi connectivity index (χ0) is 16.3. The van der Waals surface area contributed by atoms with E-state index in [1.807, 2.05) is 0 Å². The van der Waals surface area contributed by atoms with E-state index in [9.17, 15) is 18.3 Å². The van der Waals surface area contributed by atoms with Crippen LogP contribution in [0.15, 0.2) is 18.2 Å². The molecule has 0 aliphatic heterocycles. The normalized spacial score (nSPS) is 16.4. The van der Waals surface area contributed by atoms with Gasteiger partial charge < -0.3 is 14.9 Å². The second kappa shape index (κ2) is 6.85. The molecular formula is C14H18ClF3O3. The Bertz CT molecular complexity index is 479. The van der Waals surface area contributed by atoms with Gasteiger partial charge in [0.05, 0.1) is 26.2 Å². The number of hydrogen-bond acceptors (Lipinski definition) is 3. The number of benzene rings is 1. The maximum atomic E-state index is 12.9. The molecule has 7 heteroatoms. The zero-order valence-corrected chi connectivity index (χ0v) is 12.5. The molecule has 0 amide bonds. The highest BCUT2D eigenvalue weighted by molar-refractivity contribution is 6.30. The van der Waals surface area contributed by atoms with Crippen molar-refractivity contribution in [2.45, 2.75) is 24.9 Å². The predicted molar refractivity (Wildman–Crippen MR) is 73.7 cm³/mol. The lowest BCUT2D eigenvalue weighted by molar-refractivity contribution is -0.190. The van der Waals surface area contributed by atoms with Gasteiger partial charge in [-0.05, 0) is 24.6 Å². The van der Waals surface area contributed by atoms with E-state index in [4.69, 9.17) is 21.4 Å². The van der Waals surface area contributed by atoms with Crippen molar-refractivity contribution in [1.29, 1.82) is 0 Å². The van der Waals surface area contributed by atoms with Gasteiger partial charge in [0.2, 0.25) is 0 Å².